The van der Waals surface area contributed by atoms with E-state index in [-0.39, 0.29) is 11.9 Å². The molecule has 2 aromatic rings. The van der Waals surface area contributed by atoms with Gasteiger partial charge < -0.3 is 10.1 Å². The Labute approximate surface area is 172 Å². The number of para-hydroxylation sites is 1. The van der Waals surface area contributed by atoms with E-state index in [1.54, 1.807) is 6.07 Å². The second kappa shape index (κ2) is 10.5. The quantitative estimate of drug-likeness (QED) is 0.704. The van der Waals surface area contributed by atoms with Crippen LogP contribution in [0.15, 0.2) is 48.5 Å². The average Bonchev–Trinajstić information content (AvgIpc) is 2.99. The van der Waals surface area contributed by atoms with Crippen LogP contribution in [-0.4, -0.2) is 37.0 Å². The van der Waals surface area contributed by atoms with Crippen molar-refractivity contribution in [2.45, 2.75) is 38.6 Å². The lowest BCUT2D eigenvalue weighted by Gasteiger charge is -2.32. The second-order valence-corrected chi connectivity index (χ2v) is 7.53. The highest BCUT2D eigenvalue weighted by atomic mass is 35.5. The minimum atomic E-state index is -0.115. The maximum atomic E-state index is 12.9. The van der Waals surface area contributed by atoms with Crippen molar-refractivity contribution in [3.63, 3.8) is 0 Å². The summed E-state index contributed by atoms with van der Waals surface area (Å²) >= 11 is 6.52. The second-order valence-electron chi connectivity index (χ2n) is 7.13. The monoisotopic (exact) mass is 400 g/mol. The Kier molecular flexibility index (Phi) is 7.75. The van der Waals surface area contributed by atoms with Gasteiger partial charge in [-0.05, 0) is 56.6 Å². The van der Waals surface area contributed by atoms with Gasteiger partial charge in [-0.3, -0.25) is 9.69 Å². The molecular formula is C23H29ClN2O2. The predicted molar refractivity (Wildman–Crippen MR) is 114 cm³/mol. The maximum absolute atomic E-state index is 12.9. The number of amides is 1. The molecule has 1 unspecified atom stereocenters. The summed E-state index contributed by atoms with van der Waals surface area (Å²) < 4.78 is 5.61. The molecule has 0 spiro atoms. The predicted octanol–water partition coefficient (Wildman–Crippen LogP) is 5.09. The zero-order valence-corrected chi connectivity index (χ0v) is 17.3. The molecule has 1 N–H and O–H groups in total. The van der Waals surface area contributed by atoms with E-state index in [2.05, 4.69) is 16.3 Å². The number of hydrogen-bond acceptors (Lipinski definition) is 3. The van der Waals surface area contributed by atoms with Crippen molar-refractivity contribution in [1.29, 1.82) is 0 Å². The van der Waals surface area contributed by atoms with Crippen molar-refractivity contribution < 1.29 is 9.53 Å². The SMILES string of the molecule is CCOc1ccccc1C(=O)NCC(c1ccccc1Cl)N1CCCCCC1. The molecule has 1 heterocycles. The molecule has 1 aliphatic rings. The van der Waals surface area contributed by atoms with Crippen molar-refractivity contribution in [2.75, 3.05) is 26.2 Å². The fraction of sp³-hybridized carbons (Fsp3) is 0.435. The van der Waals surface area contributed by atoms with E-state index in [9.17, 15) is 4.79 Å². The molecule has 1 saturated heterocycles. The summed E-state index contributed by atoms with van der Waals surface area (Å²) in [6.07, 6.45) is 4.89. The molecular weight excluding hydrogens is 372 g/mol. The minimum absolute atomic E-state index is 0.0648. The zero-order valence-electron chi connectivity index (χ0n) is 16.5. The summed E-state index contributed by atoms with van der Waals surface area (Å²) in [6.45, 7) is 5.02. The molecule has 1 fully saturated rings. The van der Waals surface area contributed by atoms with Crippen LogP contribution in [-0.2, 0) is 0 Å². The van der Waals surface area contributed by atoms with Crippen LogP contribution in [0.25, 0.3) is 0 Å². The van der Waals surface area contributed by atoms with Gasteiger partial charge in [-0.2, -0.15) is 0 Å². The molecule has 150 valence electrons. The third kappa shape index (κ3) is 5.27. The van der Waals surface area contributed by atoms with E-state index >= 15 is 0 Å². The van der Waals surface area contributed by atoms with E-state index in [0.29, 0.717) is 24.5 Å². The molecule has 28 heavy (non-hydrogen) atoms. The highest BCUT2D eigenvalue weighted by Gasteiger charge is 2.24. The number of rotatable bonds is 7. The van der Waals surface area contributed by atoms with Crippen LogP contribution in [0, 0.1) is 0 Å². The van der Waals surface area contributed by atoms with Crippen LogP contribution in [0.5, 0.6) is 5.75 Å². The summed E-state index contributed by atoms with van der Waals surface area (Å²) in [4.78, 5) is 15.3. The van der Waals surface area contributed by atoms with Gasteiger partial charge in [0.25, 0.3) is 5.91 Å². The third-order valence-corrected chi connectivity index (χ3v) is 5.58. The van der Waals surface area contributed by atoms with Gasteiger partial charge in [-0.15, -0.1) is 0 Å². The van der Waals surface area contributed by atoms with Crippen molar-refractivity contribution in [1.82, 2.24) is 10.2 Å². The van der Waals surface area contributed by atoms with Crippen LogP contribution >= 0.6 is 11.6 Å². The number of benzene rings is 2. The number of hydrogen-bond donors (Lipinski definition) is 1. The topological polar surface area (TPSA) is 41.6 Å². The summed E-state index contributed by atoms with van der Waals surface area (Å²) in [5.74, 6) is 0.502. The summed E-state index contributed by atoms with van der Waals surface area (Å²) in [5.41, 5.74) is 1.64. The lowest BCUT2D eigenvalue weighted by atomic mass is 10.0. The molecule has 1 aliphatic heterocycles. The first-order chi connectivity index (χ1) is 13.7. The number of nitrogens with one attached hydrogen (secondary N) is 1. The van der Waals surface area contributed by atoms with Crippen LogP contribution in [0.2, 0.25) is 5.02 Å². The molecule has 1 amide bonds. The first-order valence-electron chi connectivity index (χ1n) is 10.2. The van der Waals surface area contributed by atoms with Crippen LogP contribution < -0.4 is 10.1 Å². The fourth-order valence-corrected chi connectivity index (χ4v) is 4.07. The van der Waals surface area contributed by atoms with E-state index in [4.69, 9.17) is 16.3 Å². The number of halogens is 1. The minimum Gasteiger partial charge on any atom is -0.493 e. The maximum Gasteiger partial charge on any atom is 0.255 e. The number of ether oxygens (including phenoxy) is 1. The zero-order chi connectivity index (χ0) is 19.8. The van der Waals surface area contributed by atoms with Gasteiger partial charge in [0.05, 0.1) is 18.2 Å². The average molecular weight is 401 g/mol. The first-order valence-corrected chi connectivity index (χ1v) is 10.6. The fourth-order valence-electron chi connectivity index (χ4n) is 3.81. The van der Waals surface area contributed by atoms with Gasteiger partial charge in [-0.25, -0.2) is 0 Å². The molecule has 1 atom stereocenters. The van der Waals surface area contributed by atoms with E-state index in [1.165, 1.54) is 25.7 Å². The van der Waals surface area contributed by atoms with Crippen LogP contribution in [0.3, 0.4) is 0 Å². The Hall–Kier alpha value is -2.04. The van der Waals surface area contributed by atoms with Crippen LogP contribution in [0.1, 0.15) is 54.6 Å². The van der Waals surface area contributed by atoms with Crippen LogP contribution in [0.4, 0.5) is 0 Å². The van der Waals surface area contributed by atoms with E-state index in [1.807, 2.05) is 43.3 Å². The smallest absolute Gasteiger partial charge is 0.255 e. The lowest BCUT2D eigenvalue weighted by molar-refractivity contribution is 0.0929. The number of likely N-dealkylation sites (tertiary alicyclic amines) is 1. The van der Waals surface area contributed by atoms with Crippen molar-refractivity contribution >= 4 is 17.5 Å². The molecule has 3 rings (SSSR count). The van der Waals surface area contributed by atoms with Gasteiger partial charge in [0.15, 0.2) is 0 Å². The van der Waals surface area contributed by atoms with E-state index in [0.717, 1.165) is 23.7 Å². The Bertz CT molecular complexity index is 773. The molecule has 0 bridgehead atoms. The van der Waals surface area contributed by atoms with Crippen molar-refractivity contribution in [3.8, 4) is 5.75 Å². The summed E-state index contributed by atoms with van der Waals surface area (Å²) in [7, 11) is 0. The van der Waals surface area contributed by atoms with Gasteiger partial charge >= 0.3 is 0 Å². The first kappa shape index (κ1) is 20.7. The van der Waals surface area contributed by atoms with Crippen molar-refractivity contribution in [2.24, 2.45) is 0 Å². The summed E-state index contributed by atoms with van der Waals surface area (Å²) in [5, 5.41) is 3.87. The molecule has 4 nitrogen and oxygen atoms in total. The van der Waals surface area contributed by atoms with Gasteiger partial charge in [-0.1, -0.05) is 54.8 Å². The normalized spacial score (nSPS) is 16.2. The Morgan fingerprint density at radius 3 is 2.46 bits per heavy atom. The van der Waals surface area contributed by atoms with E-state index < -0.39 is 0 Å². The number of carbonyl (C=O) groups is 1. The summed E-state index contributed by atoms with van der Waals surface area (Å²) in [6, 6.07) is 15.4. The Morgan fingerprint density at radius 2 is 1.75 bits per heavy atom. The molecule has 0 radical (unpaired) electrons. The van der Waals surface area contributed by atoms with Gasteiger partial charge in [0, 0.05) is 11.6 Å². The molecule has 0 saturated carbocycles. The number of nitrogens with zero attached hydrogens (tertiary/aromatic N) is 1. The molecule has 2 aromatic carbocycles. The highest BCUT2D eigenvalue weighted by molar-refractivity contribution is 6.31. The number of carbonyl (C=O) groups excluding carboxylic acids is 1. The largest absolute Gasteiger partial charge is 0.493 e. The molecule has 5 heteroatoms. The van der Waals surface area contributed by atoms with Crippen molar-refractivity contribution in [3.05, 3.63) is 64.7 Å². The highest BCUT2D eigenvalue weighted by Crippen LogP contribution is 2.29. The molecule has 0 aromatic heterocycles. The lowest BCUT2D eigenvalue weighted by Crippen LogP contribution is -2.39. The Morgan fingerprint density at radius 1 is 1.07 bits per heavy atom. The Balaban J connectivity index is 1.78. The standard InChI is InChI=1S/C23H29ClN2O2/c1-2-28-22-14-8-6-12-19(22)23(27)25-17-21(18-11-5-7-13-20(18)24)26-15-9-3-4-10-16-26/h5-8,11-14,21H,2-4,9-10,15-17H2,1H3,(H,25,27). The third-order valence-electron chi connectivity index (χ3n) is 5.23. The van der Waals surface area contributed by atoms with Gasteiger partial charge in [0.1, 0.15) is 5.75 Å². The van der Waals surface area contributed by atoms with Gasteiger partial charge in [0.2, 0.25) is 0 Å². The molecule has 0 aliphatic carbocycles.